The molecule has 24 heavy (non-hydrogen) atoms. The fraction of sp³-hybridized carbons (Fsp3) is 0.312. The fourth-order valence-corrected chi connectivity index (χ4v) is 3.41. The summed E-state index contributed by atoms with van der Waals surface area (Å²) in [6.45, 7) is 3.40. The molecule has 0 aromatic carbocycles. The minimum absolute atomic E-state index is 0.0560. The van der Waals surface area contributed by atoms with E-state index in [1.165, 1.54) is 13.3 Å². The van der Waals surface area contributed by atoms with E-state index in [1.807, 2.05) is 0 Å². The highest BCUT2D eigenvalue weighted by Crippen LogP contribution is 2.25. The van der Waals surface area contributed by atoms with E-state index in [0.29, 0.717) is 33.9 Å². The van der Waals surface area contributed by atoms with Crippen LogP contribution in [0, 0.1) is 13.8 Å². The molecule has 3 heterocycles. The molecule has 1 N–H and O–H groups in total. The Balaban J connectivity index is 1.89. The first-order chi connectivity index (χ1) is 12.7. The minimum atomic E-state index is -2.57. The Labute approximate surface area is 146 Å². The molecule has 3 aromatic rings. The van der Waals surface area contributed by atoms with Gasteiger partial charge in [-0.1, -0.05) is 0 Å². The van der Waals surface area contributed by atoms with Crippen molar-refractivity contribution in [1.82, 2.24) is 19.9 Å². The van der Waals surface area contributed by atoms with Crippen LogP contribution in [-0.4, -0.2) is 38.3 Å². The number of fused-ring (bicyclic) bond motifs is 1. The molecule has 0 amide bonds. The molecule has 1 atom stereocenters. The van der Waals surface area contributed by atoms with Crippen molar-refractivity contribution >= 4 is 22.0 Å². The maximum absolute atomic E-state index is 12.7. The van der Waals surface area contributed by atoms with Gasteiger partial charge in [-0.05, 0) is 19.9 Å². The SMILES string of the molecule is [2H]C([2H])([2H])Oc1c(C)cnc(C[S@@](=O)c2nc3nc(OC)ccc3[nH]2)c1C. The zero-order valence-corrected chi connectivity index (χ0v) is 14.2. The number of ether oxygens (including phenoxy) is 2. The van der Waals surface area contributed by atoms with Gasteiger partial charge in [0.1, 0.15) is 5.75 Å². The third-order valence-electron chi connectivity index (χ3n) is 3.64. The number of aromatic amines is 1. The smallest absolute Gasteiger partial charge is 0.215 e. The maximum atomic E-state index is 12.7. The first kappa shape index (κ1) is 12.9. The lowest BCUT2D eigenvalue weighted by atomic mass is 10.1. The largest absolute Gasteiger partial charge is 0.496 e. The lowest BCUT2D eigenvalue weighted by Crippen LogP contribution is -2.05. The van der Waals surface area contributed by atoms with Gasteiger partial charge in [-0.25, -0.2) is 4.98 Å². The number of hydrogen-bond acceptors (Lipinski definition) is 6. The molecule has 0 saturated heterocycles. The zero-order valence-electron chi connectivity index (χ0n) is 16.4. The molecular weight excluding hydrogens is 328 g/mol. The van der Waals surface area contributed by atoms with E-state index >= 15 is 0 Å². The van der Waals surface area contributed by atoms with Gasteiger partial charge < -0.3 is 14.5 Å². The second-order valence-electron chi connectivity index (χ2n) is 5.20. The Morgan fingerprint density at radius 3 is 2.88 bits per heavy atom. The standard InChI is InChI=1S/C16H18N4O3S/c1-9-7-17-12(10(2)14(9)23-4)8-24(21)16-18-11-5-6-13(22-3)19-15(11)20-16/h5-7H,8H2,1-4H3,(H,18,19,20)/t24-/m1/s1/i4D3. The van der Waals surface area contributed by atoms with E-state index in [9.17, 15) is 4.21 Å². The van der Waals surface area contributed by atoms with Crippen molar-refractivity contribution in [3.8, 4) is 11.6 Å². The van der Waals surface area contributed by atoms with Gasteiger partial charge in [0.05, 0.1) is 46.0 Å². The van der Waals surface area contributed by atoms with Gasteiger partial charge in [-0.2, -0.15) is 4.98 Å². The molecule has 0 fully saturated rings. The molecule has 0 aliphatic carbocycles. The number of imidazole rings is 1. The van der Waals surface area contributed by atoms with Gasteiger partial charge in [0, 0.05) is 23.4 Å². The molecule has 7 nitrogen and oxygen atoms in total. The summed E-state index contributed by atoms with van der Waals surface area (Å²) < 4.78 is 44.8. The first-order valence-electron chi connectivity index (χ1n) is 8.61. The van der Waals surface area contributed by atoms with Crippen LogP contribution in [0.5, 0.6) is 11.6 Å². The zero-order chi connectivity index (χ0) is 19.8. The van der Waals surface area contributed by atoms with Gasteiger partial charge in [0.2, 0.25) is 5.88 Å². The van der Waals surface area contributed by atoms with Crippen molar-refractivity contribution in [2.75, 3.05) is 14.1 Å². The number of pyridine rings is 2. The molecule has 126 valence electrons. The van der Waals surface area contributed by atoms with Gasteiger partial charge in [-0.3, -0.25) is 9.19 Å². The number of nitrogens with zero attached hydrogens (tertiary/aromatic N) is 3. The van der Waals surface area contributed by atoms with Crippen LogP contribution >= 0.6 is 0 Å². The van der Waals surface area contributed by atoms with E-state index in [2.05, 4.69) is 19.9 Å². The summed E-state index contributed by atoms with van der Waals surface area (Å²) in [6, 6.07) is 3.42. The Bertz CT molecular complexity index is 1020. The van der Waals surface area contributed by atoms with Crippen molar-refractivity contribution in [2.45, 2.75) is 24.8 Å². The Hall–Kier alpha value is -2.48. The van der Waals surface area contributed by atoms with Crippen LogP contribution in [0.25, 0.3) is 11.2 Å². The average Bonchev–Trinajstić information content (AvgIpc) is 3.03. The van der Waals surface area contributed by atoms with Crippen molar-refractivity contribution in [3.63, 3.8) is 0 Å². The van der Waals surface area contributed by atoms with Crippen LogP contribution in [-0.2, 0) is 16.6 Å². The van der Waals surface area contributed by atoms with Crippen molar-refractivity contribution < 1.29 is 17.8 Å². The first-order valence-corrected chi connectivity index (χ1v) is 8.43. The average molecular weight is 349 g/mol. The molecule has 0 spiro atoms. The molecule has 3 rings (SSSR count). The van der Waals surface area contributed by atoms with E-state index in [0.717, 1.165) is 0 Å². The second-order valence-corrected chi connectivity index (χ2v) is 6.57. The van der Waals surface area contributed by atoms with Crippen LogP contribution in [0.15, 0.2) is 23.5 Å². The molecular formula is C16H18N4O3S. The van der Waals surface area contributed by atoms with E-state index in [4.69, 9.17) is 13.6 Å². The highest BCUT2D eigenvalue weighted by Gasteiger charge is 2.16. The normalized spacial score (nSPS) is 14.7. The predicted octanol–water partition coefficient (Wildman–Crippen LogP) is 2.29. The summed E-state index contributed by atoms with van der Waals surface area (Å²) >= 11 is 0. The summed E-state index contributed by atoms with van der Waals surface area (Å²) in [5, 5.41) is 0.255. The highest BCUT2D eigenvalue weighted by atomic mass is 32.2. The number of methoxy groups -OCH3 is 2. The lowest BCUT2D eigenvalue weighted by Gasteiger charge is -2.11. The van der Waals surface area contributed by atoms with Crippen LogP contribution in [0.3, 0.4) is 0 Å². The van der Waals surface area contributed by atoms with Crippen LogP contribution in [0.4, 0.5) is 0 Å². The third-order valence-corrected chi connectivity index (χ3v) is 4.80. The van der Waals surface area contributed by atoms with E-state index in [1.54, 1.807) is 26.0 Å². The highest BCUT2D eigenvalue weighted by molar-refractivity contribution is 7.84. The van der Waals surface area contributed by atoms with Crippen LogP contribution in [0.2, 0.25) is 0 Å². The Morgan fingerprint density at radius 1 is 1.29 bits per heavy atom. The Morgan fingerprint density at radius 2 is 2.12 bits per heavy atom. The maximum Gasteiger partial charge on any atom is 0.215 e. The molecule has 8 heteroatoms. The van der Waals surface area contributed by atoms with Gasteiger partial charge >= 0.3 is 0 Å². The number of H-pyrrole nitrogens is 1. The molecule has 0 unspecified atom stereocenters. The monoisotopic (exact) mass is 349 g/mol. The summed E-state index contributed by atoms with van der Waals surface area (Å²) in [6.07, 6.45) is 1.51. The topological polar surface area (TPSA) is 90.0 Å². The van der Waals surface area contributed by atoms with Crippen LogP contribution < -0.4 is 9.47 Å². The minimum Gasteiger partial charge on any atom is -0.496 e. The predicted molar refractivity (Wildman–Crippen MR) is 90.8 cm³/mol. The van der Waals surface area contributed by atoms with Crippen molar-refractivity contribution in [2.24, 2.45) is 0 Å². The summed E-state index contributed by atoms with van der Waals surface area (Å²) in [4.78, 5) is 15.7. The number of hydrogen-bond donors (Lipinski definition) is 1. The third kappa shape index (κ3) is 2.96. The molecule has 0 aliphatic rings. The summed E-state index contributed by atoms with van der Waals surface area (Å²) in [7, 11) is -2.60. The number of rotatable bonds is 5. The fourth-order valence-electron chi connectivity index (χ4n) is 2.33. The van der Waals surface area contributed by atoms with Crippen LogP contribution in [0.1, 0.15) is 20.9 Å². The molecule has 0 radical (unpaired) electrons. The quantitative estimate of drug-likeness (QED) is 0.760. The molecule has 0 aliphatic heterocycles. The van der Waals surface area contributed by atoms with Gasteiger partial charge in [0.25, 0.3) is 0 Å². The van der Waals surface area contributed by atoms with Crippen molar-refractivity contribution in [3.05, 3.63) is 35.2 Å². The molecule has 3 aromatic heterocycles. The number of nitrogens with one attached hydrogen (secondary N) is 1. The Kier molecular flexibility index (Phi) is 3.52. The van der Waals surface area contributed by atoms with Gasteiger partial charge in [0.15, 0.2) is 10.8 Å². The molecule has 0 bridgehead atoms. The molecule has 0 saturated carbocycles. The lowest BCUT2D eigenvalue weighted by molar-refractivity contribution is 0.399. The summed E-state index contributed by atoms with van der Waals surface area (Å²) in [5.41, 5.74) is 2.65. The summed E-state index contributed by atoms with van der Waals surface area (Å²) in [5.74, 6) is 0.697. The van der Waals surface area contributed by atoms with E-state index < -0.39 is 17.8 Å². The van der Waals surface area contributed by atoms with E-state index in [-0.39, 0.29) is 16.7 Å². The number of aromatic nitrogens is 4. The van der Waals surface area contributed by atoms with Crippen molar-refractivity contribution in [1.29, 1.82) is 0 Å². The second kappa shape index (κ2) is 6.56. The number of aryl methyl sites for hydroxylation is 1. The van der Waals surface area contributed by atoms with Gasteiger partial charge in [-0.15, -0.1) is 0 Å².